The van der Waals surface area contributed by atoms with Gasteiger partial charge in [-0.2, -0.15) is 18.3 Å². The van der Waals surface area contributed by atoms with Gasteiger partial charge in [0.05, 0.1) is 25.5 Å². The number of hydrogen-bond acceptors (Lipinski definition) is 7. The highest BCUT2D eigenvalue weighted by Crippen LogP contribution is 2.34. The summed E-state index contributed by atoms with van der Waals surface area (Å²) in [5, 5.41) is 5.98. The second-order valence-corrected chi connectivity index (χ2v) is 6.64. The largest absolute Gasteiger partial charge is 0.465 e. The molecular formula is C16H16F3N3O5S. The van der Waals surface area contributed by atoms with Gasteiger partial charge in [0.1, 0.15) is 22.1 Å². The van der Waals surface area contributed by atoms with Gasteiger partial charge in [-0.15, -0.1) is 11.3 Å². The molecular weight excluding hydrogens is 403 g/mol. The van der Waals surface area contributed by atoms with Crippen LogP contribution in [0.1, 0.15) is 37.0 Å². The molecule has 0 atom stereocenters. The minimum atomic E-state index is -4.68. The number of alkyl halides is 3. The summed E-state index contributed by atoms with van der Waals surface area (Å²) < 4.78 is 48.9. The number of esters is 2. The van der Waals surface area contributed by atoms with Crippen molar-refractivity contribution in [2.45, 2.75) is 26.6 Å². The molecule has 8 nitrogen and oxygen atoms in total. The van der Waals surface area contributed by atoms with Gasteiger partial charge < -0.3 is 14.8 Å². The van der Waals surface area contributed by atoms with Gasteiger partial charge in [0.25, 0.3) is 0 Å². The van der Waals surface area contributed by atoms with Crippen molar-refractivity contribution < 1.29 is 37.0 Å². The second-order valence-electron chi connectivity index (χ2n) is 5.62. The fourth-order valence-corrected chi connectivity index (χ4v) is 3.56. The molecule has 0 aliphatic carbocycles. The van der Waals surface area contributed by atoms with Crippen LogP contribution >= 0.6 is 11.3 Å². The Morgan fingerprint density at radius 1 is 1.18 bits per heavy atom. The van der Waals surface area contributed by atoms with Crippen molar-refractivity contribution in [2.75, 3.05) is 19.5 Å². The summed E-state index contributed by atoms with van der Waals surface area (Å²) in [5.74, 6) is -2.41. The topological polar surface area (TPSA) is 99.5 Å². The van der Waals surface area contributed by atoms with Crippen LogP contribution in [0.25, 0.3) is 0 Å². The van der Waals surface area contributed by atoms with Crippen LogP contribution in [-0.4, -0.2) is 41.8 Å². The van der Waals surface area contributed by atoms with Gasteiger partial charge >= 0.3 is 18.1 Å². The Kier molecular flexibility index (Phi) is 6.12. The third-order valence-electron chi connectivity index (χ3n) is 3.65. The molecule has 2 heterocycles. The molecule has 0 fully saturated rings. The maximum Gasteiger partial charge on any atom is 0.433 e. The Balaban J connectivity index is 2.34. The van der Waals surface area contributed by atoms with Gasteiger partial charge in [0.15, 0.2) is 0 Å². The fraction of sp³-hybridized carbons (Fsp3) is 0.375. The molecule has 2 aromatic heterocycles. The van der Waals surface area contributed by atoms with Crippen molar-refractivity contribution in [2.24, 2.45) is 0 Å². The van der Waals surface area contributed by atoms with E-state index in [0.29, 0.717) is 4.68 Å². The minimum absolute atomic E-state index is 0.0350. The Bertz CT molecular complexity index is 933. The number of carbonyl (C=O) groups is 3. The standard InChI is InChI=1S/C16H16F3N3O5S/c1-7-5-9(16(17,18)19)22(21-7)6-10(23)20-13-11(14(24)26-3)8(2)12(28-13)15(25)27-4/h5H,6H2,1-4H3,(H,20,23). The number of halogens is 3. The molecule has 152 valence electrons. The van der Waals surface area contributed by atoms with Gasteiger partial charge in [-0.3, -0.25) is 9.48 Å². The summed E-state index contributed by atoms with van der Waals surface area (Å²) in [5.41, 5.74) is -0.833. The normalized spacial score (nSPS) is 11.2. The number of hydrogen-bond donors (Lipinski definition) is 1. The SMILES string of the molecule is COC(=O)c1sc(NC(=O)Cn2nc(C)cc2C(F)(F)F)c(C(=O)OC)c1C. The molecule has 0 spiro atoms. The van der Waals surface area contributed by atoms with Gasteiger partial charge in [-0.1, -0.05) is 0 Å². The molecule has 0 saturated carbocycles. The van der Waals surface area contributed by atoms with E-state index in [4.69, 9.17) is 0 Å². The Hall–Kier alpha value is -2.89. The molecule has 2 aromatic rings. The van der Waals surface area contributed by atoms with Crippen LogP contribution in [0.15, 0.2) is 6.07 Å². The number of rotatable bonds is 5. The first-order valence-corrected chi connectivity index (χ1v) is 8.52. The Morgan fingerprint density at radius 3 is 2.32 bits per heavy atom. The molecule has 0 aromatic carbocycles. The number of amides is 1. The molecule has 0 saturated heterocycles. The van der Waals surface area contributed by atoms with E-state index < -0.39 is 36.3 Å². The molecule has 2 rings (SSSR count). The highest BCUT2D eigenvalue weighted by Gasteiger charge is 2.36. The lowest BCUT2D eigenvalue weighted by Crippen LogP contribution is -2.24. The molecule has 0 unspecified atom stereocenters. The van der Waals surface area contributed by atoms with Crippen molar-refractivity contribution in [1.82, 2.24) is 9.78 Å². The quantitative estimate of drug-likeness (QED) is 0.749. The molecule has 28 heavy (non-hydrogen) atoms. The highest BCUT2D eigenvalue weighted by atomic mass is 32.1. The Morgan fingerprint density at radius 2 is 1.79 bits per heavy atom. The van der Waals surface area contributed by atoms with Gasteiger partial charge in [-0.25, -0.2) is 9.59 Å². The van der Waals surface area contributed by atoms with E-state index in [1.54, 1.807) is 0 Å². The van der Waals surface area contributed by atoms with Crippen LogP contribution in [0.4, 0.5) is 18.2 Å². The average Bonchev–Trinajstić information content (AvgIpc) is 3.13. The first-order valence-electron chi connectivity index (χ1n) is 7.71. The smallest absolute Gasteiger partial charge is 0.433 e. The molecule has 0 bridgehead atoms. The van der Waals surface area contributed by atoms with E-state index in [1.807, 2.05) is 0 Å². The number of aryl methyl sites for hydroxylation is 1. The number of methoxy groups -OCH3 is 2. The predicted molar refractivity (Wildman–Crippen MR) is 92.3 cm³/mol. The summed E-state index contributed by atoms with van der Waals surface area (Å²) in [4.78, 5) is 36.2. The van der Waals surface area contributed by atoms with E-state index in [-0.39, 0.29) is 26.7 Å². The monoisotopic (exact) mass is 419 g/mol. The summed E-state index contributed by atoms with van der Waals surface area (Å²) in [7, 11) is 2.27. The number of ether oxygens (including phenoxy) is 2. The zero-order valence-corrected chi connectivity index (χ0v) is 16.1. The first kappa shape index (κ1) is 21.4. The zero-order chi connectivity index (χ0) is 21.2. The number of nitrogens with zero attached hydrogens (tertiary/aromatic N) is 2. The van der Waals surface area contributed by atoms with Crippen molar-refractivity contribution in [3.8, 4) is 0 Å². The molecule has 12 heteroatoms. The lowest BCUT2D eigenvalue weighted by molar-refractivity contribution is -0.144. The van der Waals surface area contributed by atoms with Crippen LogP contribution in [0.2, 0.25) is 0 Å². The second kappa shape index (κ2) is 8.00. The van der Waals surface area contributed by atoms with Gasteiger partial charge in [-0.05, 0) is 25.5 Å². The van der Waals surface area contributed by atoms with Crippen molar-refractivity contribution in [1.29, 1.82) is 0 Å². The molecule has 1 amide bonds. The summed E-state index contributed by atoms with van der Waals surface area (Å²) in [6.45, 7) is 2.08. The van der Waals surface area contributed by atoms with Crippen LogP contribution in [-0.2, 0) is 27.0 Å². The third-order valence-corrected chi connectivity index (χ3v) is 4.83. The zero-order valence-electron chi connectivity index (χ0n) is 15.3. The molecule has 0 aliphatic rings. The number of carbonyl (C=O) groups excluding carboxylic acids is 3. The first-order chi connectivity index (χ1) is 13.0. The summed E-state index contributed by atoms with van der Waals surface area (Å²) in [6, 6.07) is 0.817. The average molecular weight is 419 g/mol. The predicted octanol–water partition coefficient (Wildman–Crippen LogP) is 2.79. The van der Waals surface area contributed by atoms with Crippen molar-refractivity contribution >= 4 is 34.2 Å². The lowest BCUT2D eigenvalue weighted by Gasteiger charge is -2.10. The van der Waals surface area contributed by atoms with Gasteiger partial charge in [0, 0.05) is 0 Å². The van der Waals surface area contributed by atoms with E-state index in [0.717, 1.165) is 31.6 Å². The molecule has 0 radical (unpaired) electrons. The van der Waals surface area contributed by atoms with E-state index in [2.05, 4.69) is 19.9 Å². The number of nitrogens with one attached hydrogen (secondary N) is 1. The maximum absolute atomic E-state index is 13.0. The molecule has 0 aliphatic heterocycles. The van der Waals surface area contributed by atoms with Crippen LogP contribution in [0.3, 0.4) is 0 Å². The maximum atomic E-state index is 13.0. The minimum Gasteiger partial charge on any atom is -0.465 e. The van der Waals surface area contributed by atoms with Crippen LogP contribution < -0.4 is 5.32 Å². The molecule has 1 N–H and O–H groups in total. The van der Waals surface area contributed by atoms with Crippen LogP contribution in [0, 0.1) is 13.8 Å². The van der Waals surface area contributed by atoms with E-state index in [1.165, 1.54) is 13.8 Å². The van der Waals surface area contributed by atoms with E-state index in [9.17, 15) is 27.6 Å². The summed E-state index contributed by atoms with van der Waals surface area (Å²) >= 11 is 0.757. The summed E-state index contributed by atoms with van der Waals surface area (Å²) in [6.07, 6.45) is -4.68. The van der Waals surface area contributed by atoms with Crippen LogP contribution in [0.5, 0.6) is 0 Å². The fourth-order valence-electron chi connectivity index (χ4n) is 2.43. The van der Waals surface area contributed by atoms with Crippen molar-refractivity contribution in [3.63, 3.8) is 0 Å². The number of anilines is 1. The Labute approximate surface area is 161 Å². The number of aromatic nitrogens is 2. The van der Waals surface area contributed by atoms with E-state index >= 15 is 0 Å². The highest BCUT2D eigenvalue weighted by molar-refractivity contribution is 7.18. The lowest BCUT2D eigenvalue weighted by atomic mass is 10.1. The third kappa shape index (κ3) is 4.32. The number of thiophene rings is 1. The van der Waals surface area contributed by atoms with Gasteiger partial charge in [0.2, 0.25) is 5.91 Å². The van der Waals surface area contributed by atoms with Crippen molar-refractivity contribution in [3.05, 3.63) is 33.5 Å².